The van der Waals surface area contributed by atoms with Crippen LogP contribution in [0.1, 0.15) is 31.4 Å². The standard InChI is InChI=1S/C13H18O2S/c1-3-10(2)16-9-12-7-5-4-6-11(12)8-13(14)15/h4-7,10H,3,8-9H2,1-2H3,(H,14,15). The molecule has 1 atom stereocenters. The topological polar surface area (TPSA) is 37.3 Å². The van der Waals surface area contributed by atoms with Gasteiger partial charge in [-0.25, -0.2) is 0 Å². The van der Waals surface area contributed by atoms with Crippen molar-refractivity contribution in [2.24, 2.45) is 0 Å². The highest BCUT2D eigenvalue weighted by atomic mass is 32.2. The average Bonchev–Trinajstić information content (AvgIpc) is 2.26. The lowest BCUT2D eigenvalue weighted by Crippen LogP contribution is -2.03. The Morgan fingerprint density at radius 3 is 2.56 bits per heavy atom. The quantitative estimate of drug-likeness (QED) is 0.826. The van der Waals surface area contributed by atoms with Crippen molar-refractivity contribution in [1.29, 1.82) is 0 Å². The summed E-state index contributed by atoms with van der Waals surface area (Å²) >= 11 is 1.88. The number of carboxylic acids is 1. The maximum absolute atomic E-state index is 10.7. The molecule has 0 spiro atoms. The second kappa shape index (κ2) is 6.59. The van der Waals surface area contributed by atoms with E-state index in [-0.39, 0.29) is 6.42 Å². The summed E-state index contributed by atoms with van der Waals surface area (Å²) in [6.07, 6.45) is 1.27. The van der Waals surface area contributed by atoms with Crippen molar-refractivity contribution in [2.75, 3.05) is 0 Å². The fourth-order valence-corrected chi connectivity index (χ4v) is 2.36. The number of hydrogen-bond donors (Lipinski definition) is 1. The molecule has 1 aromatic rings. The fraction of sp³-hybridized carbons (Fsp3) is 0.462. The first-order valence-electron chi connectivity index (χ1n) is 5.53. The monoisotopic (exact) mass is 238 g/mol. The molecule has 0 amide bonds. The van der Waals surface area contributed by atoms with Gasteiger partial charge >= 0.3 is 5.97 Å². The molecule has 0 aliphatic carbocycles. The molecule has 0 aliphatic rings. The third-order valence-corrected chi connectivity index (χ3v) is 3.94. The number of thioether (sulfide) groups is 1. The van der Waals surface area contributed by atoms with Crippen molar-refractivity contribution >= 4 is 17.7 Å². The van der Waals surface area contributed by atoms with Crippen molar-refractivity contribution < 1.29 is 9.90 Å². The largest absolute Gasteiger partial charge is 0.481 e. The minimum atomic E-state index is -0.763. The second-order valence-corrected chi connectivity index (χ2v) is 5.30. The van der Waals surface area contributed by atoms with Crippen LogP contribution in [0.2, 0.25) is 0 Å². The summed E-state index contributed by atoms with van der Waals surface area (Å²) in [5.41, 5.74) is 2.08. The average molecular weight is 238 g/mol. The van der Waals surface area contributed by atoms with E-state index in [1.807, 2.05) is 36.0 Å². The number of rotatable bonds is 6. The third-order valence-electron chi connectivity index (χ3n) is 2.56. The molecular weight excluding hydrogens is 220 g/mol. The van der Waals surface area contributed by atoms with Gasteiger partial charge in [-0.05, 0) is 17.5 Å². The van der Waals surface area contributed by atoms with Gasteiger partial charge < -0.3 is 5.11 Å². The fourth-order valence-electron chi connectivity index (χ4n) is 1.38. The van der Waals surface area contributed by atoms with E-state index in [1.165, 1.54) is 0 Å². The minimum absolute atomic E-state index is 0.122. The maximum atomic E-state index is 10.7. The maximum Gasteiger partial charge on any atom is 0.307 e. The molecule has 0 radical (unpaired) electrons. The van der Waals surface area contributed by atoms with Crippen LogP contribution in [-0.4, -0.2) is 16.3 Å². The molecule has 16 heavy (non-hydrogen) atoms. The van der Waals surface area contributed by atoms with Gasteiger partial charge in [0, 0.05) is 11.0 Å². The van der Waals surface area contributed by atoms with E-state index in [4.69, 9.17) is 5.11 Å². The lowest BCUT2D eigenvalue weighted by molar-refractivity contribution is -0.136. The molecule has 1 rings (SSSR count). The Labute approximate surface area is 101 Å². The molecule has 88 valence electrons. The smallest absolute Gasteiger partial charge is 0.307 e. The molecule has 1 N–H and O–H groups in total. The number of aliphatic carboxylic acids is 1. The van der Waals surface area contributed by atoms with E-state index in [9.17, 15) is 4.79 Å². The molecule has 3 heteroatoms. The van der Waals surface area contributed by atoms with Crippen molar-refractivity contribution in [3.63, 3.8) is 0 Å². The SMILES string of the molecule is CCC(C)SCc1ccccc1CC(=O)O. The zero-order valence-corrected chi connectivity index (χ0v) is 10.6. The first-order chi connectivity index (χ1) is 7.63. The van der Waals surface area contributed by atoms with Crippen LogP contribution < -0.4 is 0 Å². The first-order valence-corrected chi connectivity index (χ1v) is 6.58. The van der Waals surface area contributed by atoms with Crippen molar-refractivity contribution in [2.45, 2.75) is 37.7 Å². The molecule has 0 fully saturated rings. The van der Waals surface area contributed by atoms with Crippen LogP contribution in [0, 0.1) is 0 Å². The van der Waals surface area contributed by atoms with Crippen LogP contribution in [0.5, 0.6) is 0 Å². The molecule has 0 aromatic heterocycles. The van der Waals surface area contributed by atoms with Crippen molar-refractivity contribution in [3.8, 4) is 0 Å². The Bertz CT molecular complexity index is 350. The Hall–Kier alpha value is -0.960. The van der Waals surface area contributed by atoms with Crippen LogP contribution in [0.25, 0.3) is 0 Å². The Morgan fingerprint density at radius 1 is 1.38 bits per heavy atom. The highest BCUT2D eigenvalue weighted by molar-refractivity contribution is 7.99. The highest BCUT2D eigenvalue weighted by Gasteiger charge is 2.07. The van der Waals surface area contributed by atoms with Gasteiger partial charge in [0.2, 0.25) is 0 Å². The van der Waals surface area contributed by atoms with Crippen LogP contribution in [0.3, 0.4) is 0 Å². The molecule has 0 aliphatic heterocycles. The summed E-state index contributed by atoms with van der Waals surface area (Å²) in [7, 11) is 0. The van der Waals surface area contributed by atoms with E-state index in [0.29, 0.717) is 5.25 Å². The minimum Gasteiger partial charge on any atom is -0.481 e. The molecule has 0 saturated carbocycles. The molecule has 0 saturated heterocycles. The Kier molecular flexibility index (Phi) is 5.39. The van der Waals surface area contributed by atoms with Crippen molar-refractivity contribution in [1.82, 2.24) is 0 Å². The van der Waals surface area contributed by atoms with Crippen LogP contribution in [0.15, 0.2) is 24.3 Å². The Morgan fingerprint density at radius 2 is 2.00 bits per heavy atom. The van der Waals surface area contributed by atoms with Crippen LogP contribution >= 0.6 is 11.8 Å². The van der Waals surface area contributed by atoms with Crippen LogP contribution in [-0.2, 0) is 17.0 Å². The van der Waals surface area contributed by atoms with Gasteiger partial charge in [0.15, 0.2) is 0 Å². The van der Waals surface area contributed by atoms with Gasteiger partial charge in [-0.1, -0.05) is 38.1 Å². The molecule has 2 nitrogen and oxygen atoms in total. The normalized spacial score (nSPS) is 12.4. The lowest BCUT2D eigenvalue weighted by atomic mass is 10.1. The zero-order chi connectivity index (χ0) is 12.0. The number of carboxylic acid groups (broad SMARTS) is 1. The molecule has 1 aromatic carbocycles. The number of carbonyl (C=O) groups is 1. The lowest BCUT2D eigenvalue weighted by Gasteiger charge is -2.10. The van der Waals surface area contributed by atoms with E-state index in [1.54, 1.807) is 0 Å². The predicted octanol–water partition coefficient (Wildman–Crippen LogP) is 3.35. The zero-order valence-electron chi connectivity index (χ0n) is 9.77. The van der Waals surface area contributed by atoms with Crippen LogP contribution in [0.4, 0.5) is 0 Å². The summed E-state index contributed by atoms with van der Waals surface area (Å²) in [5.74, 6) is 0.138. The molecule has 1 unspecified atom stereocenters. The summed E-state index contributed by atoms with van der Waals surface area (Å²) < 4.78 is 0. The van der Waals surface area contributed by atoms with Gasteiger partial charge in [-0.15, -0.1) is 0 Å². The van der Waals surface area contributed by atoms with Gasteiger partial charge in [0.05, 0.1) is 6.42 Å². The van der Waals surface area contributed by atoms with Gasteiger partial charge in [-0.2, -0.15) is 11.8 Å². The van der Waals surface area contributed by atoms with Gasteiger partial charge in [0.1, 0.15) is 0 Å². The first kappa shape index (κ1) is 13.1. The van der Waals surface area contributed by atoms with Gasteiger partial charge in [-0.3, -0.25) is 4.79 Å². The molecular formula is C13H18O2S. The summed E-state index contributed by atoms with van der Waals surface area (Å²) in [6.45, 7) is 4.37. The summed E-state index contributed by atoms with van der Waals surface area (Å²) in [5, 5.41) is 9.43. The summed E-state index contributed by atoms with van der Waals surface area (Å²) in [4.78, 5) is 10.7. The Balaban J connectivity index is 2.67. The highest BCUT2D eigenvalue weighted by Crippen LogP contribution is 2.22. The van der Waals surface area contributed by atoms with E-state index in [2.05, 4.69) is 13.8 Å². The molecule has 0 bridgehead atoms. The van der Waals surface area contributed by atoms with Crippen molar-refractivity contribution in [3.05, 3.63) is 35.4 Å². The van der Waals surface area contributed by atoms with Gasteiger partial charge in [0.25, 0.3) is 0 Å². The van der Waals surface area contributed by atoms with E-state index >= 15 is 0 Å². The summed E-state index contributed by atoms with van der Waals surface area (Å²) in [6, 6.07) is 7.79. The molecule has 0 heterocycles. The number of benzene rings is 1. The van der Waals surface area contributed by atoms with E-state index < -0.39 is 5.97 Å². The van der Waals surface area contributed by atoms with E-state index in [0.717, 1.165) is 23.3 Å². The number of hydrogen-bond acceptors (Lipinski definition) is 2. The third kappa shape index (κ3) is 4.27. The predicted molar refractivity (Wildman–Crippen MR) is 68.8 cm³/mol. The second-order valence-electron chi connectivity index (χ2n) is 3.87.